The summed E-state index contributed by atoms with van der Waals surface area (Å²) in [5.74, 6) is -2.47. The molecule has 0 aliphatic carbocycles. The van der Waals surface area contributed by atoms with Crippen LogP contribution in [0.4, 0.5) is 0 Å². The van der Waals surface area contributed by atoms with Gasteiger partial charge in [-0.1, -0.05) is 50.3 Å². The zero-order valence-electron chi connectivity index (χ0n) is 32.2. The topological polar surface area (TPSA) is 163 Å². The largest absolute Gasteiger partial charge is 0.475 e. The van der Waals surface area contributed by atoms with Crippen LogP contribution < -0.4 is 4.74 Å². The number of nitrogens with zero attached hydrogens (tertiary/aromatic N) is 7. The number of nitrogens with one attached hydrogen (secondary N) is 1. The summed E-state index contributed by atoms with van der Waals surface area (Å²) in [6.07, 6.45) is 8.09. The molecular weight excluding hydrogens is 697 g/mol. The molecule has 2 aromatic carbocycles. The fourth-order valence-electron chi connectivity index (χ4n) is 7.97. The number of hydrogen-bond acceptors (Lipinski definition) is 10. The first-order valence-electron chi connectivity index (χ1n) is 19.2. The summed E-state index contributed by atoms with van der Waals surface area (Å²) in [7, 11) is 1.83. The molecule has 1 saturated heterocycles. The van der Waals surface area contributed by atoms with Crippen molar-refractivity contribution < 1.29 is 24.5 Å². The van der Waals surface area contributed by atoms with E-state index in [4.69, 9.17) is 4.74 Å². The van der Waals surface area contributed by atoms with E-state index >= 15 is 0 Å². The summed E-state index contributed by atoms with van der Waals surface area (Å²) < 4.78 is 7.36. The fourth-order valence-corrected chi connectivity index (χ4v) is 7.97. The summed E-state index contributed by atoms with van der Waals surface area (Å²) in [6, 6.07) is 17.7. The number of aromatic nitrogens is 6. The second kappa shape index (κ2) is 15.5. The predicted molar refractivity (Wildman–Crippen MR) is 209 cm³/mol. The zero-order chi connectivity index (χ0) is 38.9. The fraction of sp³-hybridized carbons (Fsp3) is 0.429. The first-order chi connectivity index (χ1) is 26.4. The van der Waals surface area contributed by atoms with Crippen LogP contribution in [0.3, 0.4) is 0 Å². The molecule has 0 bridgehead atoms. The van der Waals surface area contributed by atoms with Gasteiger partial charge < -0.3 is 19.8 Å². The summed E-state index contributed by atoms with van der Waals surface area (Å²) in [5.41, 5.74) is 5.91. The van der Waals surface area contributed by atoms with Crippen molar-refractivity contribution in [2.45, 2.75) is 77.7 Å². The van der Waals surface area contributed by atoms with Gasteiger partial charge in [0.25, 0.3) is 5.91 Å². The maximum Gasteiger partial charge on any atom is 0.309 e. The van der Waals surface area contributed by atoms with Crippen LogP contribution in [-0.4, -0.2) is 99.8 Å². The number of ketones is 1. The third-order valence-corrected chi connectivity index (χ3v) is 11.2. The molecule has 2 aliphatic heterocycles. The number of aryl methyl sites for hydroxylation is 1. The molecule has 0 spiro atoms. The monoisotopic (exact) mass is 746 g/mol. The predicted octanol–water partition coefficient (Wildman–Crippen LogP) is 5.72. The Balaban J connectivity index is 1.000. The molecular formula is C42H50N8O5. The number of H-pyrrole nitrogens is 1. The van der Waals surface area contributed by atoms with Gasteiger partial charge in [-0.05, 0) is 79.8 Å². The molecule has 5 aromatic rings. The van der Waals surface area contributed by atoms with E-state index in [1.807, 2.05) is 95.4 Å². The van der Waals surface area contributed by atoms with Crippen LogP contribution in [0, 0.1) is 5.41 Å². The van der Waals surface area contributed by atoms with Gasteiger partial charge in [0, 0.05) is 74.3 Å². The summed E-state index contributed by atoms with van der Waals surface area (Å²) in [4.78, 5) is 39.5. The summed E-state index contributed by atoms with van der Waals surface area (Å²) >= 11 is 0. The lowest BCUT2D eigenvalue weighted by molar-refractivity contribution is -0.254. The van der Waals surface area contributed by atoms with Gasteiger partial charge in [0.15, 0.2) is 5.82 Å². The summed E-state index contributed by atoms with van der Waals surface area (Å²) in [5, 5.41) is 35.6. The van der Waals surface area contributed by atoms with Crippen molar-refractivity contribution in [1.29, 1.82) is 0 Å². The third kappa shape index (κ3) is 7.82. The van der Waals surface area contributed by atoms with Crippen LogP contribution in [0.5, 0.6) is 5.88 Å². The number of aromatic amines is 1. The van der Waals surface area contributed by atoms with Crippen molar-refractivity contribution in [1.82, 2.24) is 39.7 Å². The second-order valence-electron chi connectivity index (χ2n) is 15.2. The third-order valence-electron chi connectivity index (χ3n) is 11.2. The highest BCUT2D eigenvalue weighted by Crippen LogP contribution is 2.42. The van der Waals surface area contributed by atoms with Gasteiger partial charge in [0.05, 0.1) is 11.6 Å². The number of amides is 1. The van der Waals surface area contributed by atoms with Crippen LogP contribution >= 0.6 is 0 Å². The lowest BCUT2D eigenvalue weighted by atomic mass is 9.76. The number of hydrogen-bond donors (Lipinski definition) is 3. The number of rotatable bonds is 13. The zero-order valence-corrected chi connectivity index (χ0v) is 32.2. The van der Waals surface area contributed by atoms with Gasteiger partial charge >= 0.3 is 5.91 Å². The smallest absolute Gasteiger partial charge is 0.309 e. The Bertz CT molecular complexity index is 2190. The Morgan fingerprint density at radius 1 is 1.00 bits per heavy atom. The quantitative estimate of drug-likeness (QED) is 0.127. The van der Waals surface area contributed by atoms with Crippen LogP contribution in [0.2, 0.25) is 0 Å². The van der Waals surface area contributed by atoms with Gasteiger partial charge in [-0.2, -0.15) is 10.2 Å². The van der Waals surface area contributed by atoms with E-state index in [-0.39, 0.29) is 37.3 Å². The molecule has 0 saturated carbocycles. The van der Waals surface area contributed by atoms with Crippen LogP contribution in [-0.2, 0) is 16.6 Å². The van der Waals surface area contributed by atoms with E-state index in [2.05, 4.69) is 25.3 Å². The molecule has 2 unspecified atom stereocenters. The molecule has 5 heterocycles. The molecule has 1 amide bonds. The molecule has 3 aromatic heterocycles. The number of pyridine rings is 1. The molecule has 13 nitrogen and oxygen atoms in total. The van der Waals surface area contributed by atoms with Gasteiger partial charge in [0.1, 0.15) is 17.8 Å². The minimum absolute atomic E-state index is 0.0199. The first kappa shape index (κ1) is 38.1. The van der Waals surface area contributed by atoms with E-state index in [1.165, 1.54) is 9.80 Å². The van der Waals surface area contributed by atoms with E-state index in [0.717, 1.165) is 44.4 Å². The maximum atomic E-state index is 14.1. The Hall–Kier alpha value is -5.24. The lowest BCUT2D eigenvalue weighted by Crippen LogP contribution is -2.60. The molecule has 288 valence electrons. The highest BCUT2D eigenvalue weighted by molar-refractivity contribution is 5.95. The van der Waals surface area contributed by atoms with Gasteiger partial charge in [-0.3, -0.25) is 19.4 Å². The highest BCUT2D eigenvalue weighted by Gasteiger charge is 2.51. The number of ether oxygens (including phenoxy) is 1. The average molecular weight is 747 g/mol. The molecule has 2 aliphatic rings. The molecule has 7 rings (SSSR count). The van der Waals surface area contributed by atoms with Crippen LogP contribution in [0.1, 0.15) is 76.8 Å². The number of benzene rings is 2. The van der Waals surface area contributed by atoms with Crippen molar-refractivity contribution in [3.63, 3.8) is 0 Å². The van der Waals surface area contributed by atoms with Crippen molar-refractivity contribution in [2.75, 3.05) is 26.2 Å². The minimum Gasteiger partial charge on any atom is -0.475 e. The number of carbonyl (C=O) groups excluding carboxylic acids is 2. The Labute approximate surface area is 321 Å². The van der Waals surface area contributed by atoms with Crippen LogP contribution in [0.25, 0.3) is 39.1 Å². The van der Waals surface area contributed by atoms with Crippen molar-refractivity contribution >= 4 is 28.2 Å². The lowest BCUT2D eigenvalue weighted by Gasteiger charge is -2.37. The normalized spacial score (nSPS) is 18.5. The number of Topliss-reactive ketones (excluding diaryl/α,β-unsaturated/α-hetero) is 1. The minimum atomic E-state index is -2.68. The molecule has 3 N–H and O–H groups in total. The van der Waals surface area contributed by atoms with Crippen LogP contribution in [0.15, 0.2) is 73.2 Å². The Morgan fingerprint density at radius 3 is 2.40 bits per heavy atom. The van der Waals surface area contributed by atoms with Gasteiger partial charge in [0.2, 0.25) is 5.88 Å². The van der Waals surface area contributed by atoms with Crippen molar-refractivity contribution in [3.8, 4) is 28.5 Å². The number of fused-ring (bicyclic) bond motifs is 1. The number of likely N-dealkylation sites (tertiary alicyclic amines) is 1. The maximum absolute atomic E-state index is 14.1. The Kier molecular flexibility index (Phi) is 10.7. The highest BCUT2D eigenvalue weighted by atomic mass is 16.5. The number of aliphatic hydroxyl groups is 2. The van der Waals surface area contributed by atoms with Gasteiger partial charge in [-0.25, -0.2) is 14.9 Å². The SMILES string of the molecule is CCC(C(=O)CC1(CC)CCN(C(O)(O)C(=O)N2CC=C(c3ccc(-c4ncn(C)n4)cc3)CC2)C1)c1ccc2[nH]nc(-c3ccc(OC(C)C)nc3)c2c1. The average Bonchev–Trinajstić information content (AvgIpc) is 3.94. The van der Waals surface area contributed by atoms with E-state index in [9.17, 15) is 19.8 Å². The Morgan fingerprint density at radius 2 is 1.76 bits per heavy atom. The number of carbonyl (C=O) groups is 2. The van der Waals surface area contributed by atoms with Crippen molar-refractivity contribution in [2.24, 2.45) is 12.5 Å². The molecule has 2 atom stereocenters. The van der Waals surface area contributed by atoms with E-state index in [1.54, 1.807) is 17.2 Å². The van der Waals surface area contributed by atoms with E-state index < -0.39 is 17.2 Å². The first-order valence-corrected chi connectivity index (χ1v) is 19.2. The van der Waals surface area contributed by atoms with Crippen molar-refractivity contribution in [3.05, 3.63) is 84.3 Å². The summed E-state index contributed by atoms with van der Waals surface area (Å²) in [6.45, 7) is 9.10. The molecule has 55 heavy (non-hydrogen) atoms. The van der Waals surface area contributed by atoms with Gasteiger partial charge in [-0.15, -0.1) is 0 Å². The van der Waals surface area contributed by atoms with E-state index in [0.29, 0.717) is 50.5 Å². The second-order valence-corrected chi connectivity index (χ2v) is 15.2. The standard InChI is InChI=1S/C42H50N8O5/c1-6-33(31-12-14-35-34(22-31)38(46-45-35)32-13-15-37(43-24-32)55-27(3)4)36(51)23-41(7-2)18-21-50(25-41)42(53,54)40(52)49-19-16-29(17-20-49)28-8-10-30(11-9-28)39-44-26-48(5)47-39/h8-16,22,24,26-27,33,53-54H,6-7,17-21,23,25H2,1-5H3,(H,45,46). The molecule has 13 heteroatoms. The molecule has 1 fully saturated rings. The molecule has 0 radical (unpaired) electrons.